The summed E-state index contributed by atoms with van der Waals surface area (Å²) in [6, 6.07) is 26.7. The largest absolute Gasteiger partial charge is 0.350 e. The summed E-state index contributed by atoms with van der Waals surface area (Å²) < 4.78 is 0. The Kier molecular flexibility index (Phi) is 4.70. The molecular formula is C24H22N2O2. The summed E-state index contributed by atoms with van der Waals surface area (Å²) in [4.78, 5) is 28.3. The van der Waals surface area contributed by atoms with Gasteiger partial charge in [0.1, 0.15) is 5.54 Å². The van der Waals surface area contributed by atoms with Crippen molar-refractivity contribution >= 4 is 17.5 Å². The second-order valence-electron chi connectivity index (χ2n) is 7.25. The summed E-state index contributed by atoms with van der Waals surface area (Å²) in [6.45, 7) is 2.27. The summed E-state index contributed by atoms with van der Waals surface area (Å²) >= 11 is 0. The Balaban J connectivity index is 1.71. The standard InChI is InChI=1S/C24H22N2O2/c1-24(23(28)25-17-18-10-4-2-5-11-18)16-19-12-8-9-15-21(19)22(27)26(24)20-13-6-3-7-14-20/h2-15H,16-17H2,1H3,(H,25,28). The molecule has 1 N–H and O–H groups in total. The van der Waals surface area contributed by atoms with Crippen molar-refractivity contribution < 1.29 is 9.59 Å². The fourth-order valence-corrected chi connectivity index (χ4v) is 3.81. The number of rotatable bonds is 4. The Morgan fingerprint density at radius 1 is 0.929 bits per heavy atom. The van der Waals surface area contributed by atoms with Crippen molar-refractivity contribution in [2.75, 3.05) is 4.90 Å². The molecule has 2 amide bonds. The molecule has 0 radical (unpaired) electrons. The molecule has 0 saturated heterocycles. The maximum absolute atomic E-state index is 13.4. The normalized spacial score (nSPS) is 18.5. The van der Waals surface area contributed by atoms with Crippen molar-refractivity contribution in [3.05, 3.63) is 102 Å². The second-order valence-corrected chi connectivity index (χ2v) is 7.25. The van der Waals surface area contributed by atoms with Gasteiger partial charge in [0.2, 0.25) is 5.91 Å². The van der Waals surface area contributed by atoms with E-state index in [1.54, 1.807) is 4.90 Å². The van der Waals surface area contributed by atoms with Crippen molar-refractivity contribution in [2.45, 2.75) is 25.4 Å². The molecule has 4 nitrogen and oxygen atoms in total. The number of hydrogen-bond donors (Lipinski definition) is 1. The van der Waals surface area contributed by atoms with Crippen LogP contribution in [0.15, 0.2) is 84.9 Å². The summed E-state index contributed by atoms with van der Waals surface area (Å²) in [5, 5.41) is 3.03. The molecule has 1 aliphatic rings. The summed E-state index contributed by atoms with van der Waals surface area (Å²) in [5.74, 6) is -0.312. The minimum Gasteiger partial charge on any atom is -0.350 e. The van der Waals surface area contributed by atoms with E-state index in [0.717, 1.165) is 16.8 Å². The third kappa shape index (κ3) is 3.18. The number of amides is 2. The molecule has 28 heavy (non-hydrogen) atoms. The molecule has 4 rings (SSSR count). The van der Waals surface area contributed by atoms with Gasteiger partial charge in [-0.2, -0.15) is 0 Å². The van der Waals surface area contributed by atoms with Gasteiger partial charge in [-0.3, -0.25) is 14.5 Å². The molecule has 1 atom stereocenters. The highest BCUT2D eigenvalue weighted by atomic mass is 16.2. The lowest BCUT2D eigenvalue weighted by molar-refractivity contribution is -0.126. The van der Waals surface area contributed by atoms with Crippen molar-refractivity contribution in [1.29, 1.82) is 0 Å². The maximum atomic E-state index is 13.4. The lowest BCUT2D eigenvalue weighted by atomic mass is 9.82. The highest BCUT2D eigenvalue weighted by Crippen LogP contribution is 2.35. The number of fused-ring (bicyclic) bond motifs is 1. The average Bonchev–Trinajstić information content (AvgIpc) is 2.73. The molecule has 0 spiro atoms. The van der Waals surface area contributed by atoms with E-state index in [1.807, 2.05) is 91.9 Å². The van der Waals surface area contributed by atoms with Crippen LogP contribution in [0, 0.1) is 0 Å². The zero-order valence-corrected chi connectivity index (χ0v) is 15.8. The number of para-hydroxylation sites is 1. The SMILES string of the molecule is CC1(C(=O)NCc2ccccc2)Cc2ccccc2C(=O)N1c1ccccc1. The first-order chi connectivity index (χ1) is 13.6. The van der Waals surface area contributed by atoms with Crippen LogP contribution in [-0.2, 0) is 17.8 Å². The van der Waals surface area contributed by atoms with Crippen molar-refractivity contribution in [1.82, 2.24) is 5.32 Å². The van der Waals surface area contributed by atoms with Gasteiger partial charge in [0.25, 0.3) is 5.91 Å². The predicted octanol–water partition coefficient (Wildman–Crippen LogP) is 3.96. The molecule has 4 heteroatoms. The van der Waals surface area contributed by atoms with Gasteiger partial charge in [-0.1, -0.05) is 66.7 Å². The fourth-order valence-electron chi connectivity index (χ4n) is 3.81. The number of nitrogens with one attached hydrogen (secondary N) is 1. The fraction of sp³-hybridized carbons (Fsp3) is 0.167. The van der Waals surface area contributed by atoms with E-state index in [1.165, 1.54) is 0 Å². The zero-order chi connectivity index (χ0) is 19.6. The van der Waals surface area contributed by atoms with E-state index < -0.39 is 5.54 Å². The topological polar surface area (TPSA) is 49.4 Å². The Labute approximate surface area is 164 Å². The van der Waals surface area contributed by atoms with Crippen LogP contribution >= 0.6 is 0 Å². The predicted molar refractivity (Wildman–Crippen MR) is 110 cm³/mol. The maximum Gasteiger partial charge on any atom is 0.259 e. The number of benzene rings is 3. The minimum atomic E-state index is -1.01. The molecule has 0 aliphatic carbocycles. The van der Waals surface area contributed by atoms with E-state index in [9.17, 15) is 9.59 Å². The number of carbonyl (C=O) groups excluding carboxylic acids is 2. The van der Waals surface area contributed by atoms with Crippen LogP contribution in [0.3, 0.4) is 0 Å². The molecule has 0 bridgehead atoms. The van der Waals surface area contributed by atoms with Crippen molar-refractivity contribution in [2.24, 2.45) is 0 Å². The number of hydrogen-bond acceptors (Lipinski definition) is 2. The van der Waals surface area contributed by atoms with Crippen LogP contribution in [0.25, 0.3) is 0 Å². The lowest BCUT2D eigenvalue weighted by Gasteiger charge is -2.44. The molecule has 0 fully saturated rings. The first-order valence-corrected chi connectivity index (χ1v) is 9.39. The van der Waals surface area contributed by atoms with E-state index in [-0.39, 0.29) is 11.8 Å². The highest BCUT2D eigenvalue weighted by molar-refractivity contribution is 6.14. The molecular weight excluding hydrogens is 348 g/mol. The van der Waals surface area contributed by atoms with Crippen LogP contribution in [0.5, 0.6) is 0 Å². The zero-order valence-electron chi connectivity index (χ0n) is 15.8. The molecule has 0 aromatic heterocycles. The van der Waals surface area contributed by atoms with Gasteiger partial charge in [-0.25, -0.2) is 0 Å². The number of anilines is 1. The van der Waals surface area contributed by atoms with E-state index >= 15 is 0 Å². The molecule has 0 saturated carbocycles. The molecule has 3 aromatic carbocycles. The molecule has 1 unspecified atom stereocenters. The Bertz CT molecular complexity index is 1000. The smallest absolute Gasteiger partial charge is 0.259 e. The van der Waals surface area contributed by atoms with E-state index in [2.05, 4.69) is 5.32 Å². The van der Waals surface area contributed by atoms with Crippen molar-refractivity contribution in [3.63, 3.8) is 0 Å². The van der Waals surface area contributed by atoms with Crippen LogP contribution in [0.2, 0.25) is 0 Å². The molecule has 3 aromatic rings. The Hall–Kier alpha value is -3.40. The second kappa shape index (κ2) is 7.31. The monoisotopic (exact) mass is 370 g/mol. The quantitative estimate of drug-likeness (QED) is 0.756. The average molecular weight is 370 g/mol. The minimum absolute atomic E-state index is 0.148. The highest BCUT2D eigenvalue weighted by Gasteiger charge is 2.47. The van der Waals surface area contributed by atoms with Crippen LogP contribution < -0.4 is 10.2 Å². The van der Waals surface area contributed by atoms with Gasteiger partial charge in [0, 0.05) is 24.2 Å². The van der Waals surface area contributed by atoms with E-state index in [4.69, 9.17) is 0 Å². The molecule has 1 aliphatic heterocycles. The summed E-state index contributed by atoms with van der Waals surface area (Å²) in [5.41, 5.74) is 2.28. The van der Waals surface area contributed by atoms with Crippen LogP contribution in [0.1, 0.15) is 28.4 Å². The lowest BCUT2D eigenvalue weighted by Crippen LogP contribution is -2.63. The first-order valence-electron chi connectivity index (χ1n) is 9.39. The third-order valence-corrected chi connectivity index (χ3v) is 5.28. The summed E-state index contributed by atoms with van der Waals surface area (Å²) in [6.07, 6.45) is 0.463. The first kappa shape index (κ1) is 18.0. The van der Waals surface area contributed by atoms with Gasteiger partial charge < -0.3 is 5.32 Å². The van der Waals surface area contributed by atoms with Gasteiger partial charge in [-0.05, 0) is 36.2 Å². The molecule has 1 heterocycles. The van der Waals surface area contributed by atoms with Crippen molar-refractivity contribution in [3.8, 4) is 0 Å². The van der Waals surface area contributed by atoms with Gasteiger partial charge >= 0.3 is 0 Å². The van der Waals surface area contributed by atoms with Gasteiger partial charge in [0.05, 0.1) is 0 Å². The number of nitrogens with zero attached hydrogens (tertiary/aromatic N) is 1. The van der Waals surface area contributed by atoms with Gasteiger partial charge in [-0.15, -0.1) is 0 Å². The third-order valence-electron chi connectivity index (χ3n) is 5.28. The number of carbonyl (C=O) groups is 2. The molecule has 140 valence electrons. The summed E-state index contributed by atoms with van der Waals surface area (Å²) in [7, 11) is 0. The van der Waals surface area contributed by atoms with Gasteiger partial charge in [0.15, 0.2) is 0 Å². The van der Waals surface area contributed by atoms with Crippen LogP contribution in [-0.4, -0.2) is 17.4 Å². The Morgan fingerprint density at radius 2 is 1.54 bits per heavy atom. The van der Waals surface area contributed by atoms with Crippen LogP contribution in [0.4, 0.5) is 5.69 Å². The Morgan fingerprint density at radius 3 is 2.25 bits per heavy atom. The van der Waals surface area contributed by atoms with E-state index in [0.29, 0.717) is 18.5 Å².